The Labute approximate surface area is 151 Å². The molecule has 25 heavy (non-hydrogen) atoms. The summed E-state index contributed by atoms with van der Waals surface area (Å²) in [5.74, 6) is -0.382. The number of carbonyl (C=O) groups is 1. The van der Waals surface area contributed by atoms with Gasteiger partial charge in [-0.25, -0.2) is 0 Å². The number of thiocarbonyl (C=S) groups is 1. The summed E-state index contributed by atoms with van der Waals surface area (Å²) in [7, 11) is 0. The highest BCUT2D eigenvalue weighted by Gasteiger charge is 2.21. The van der Waals surface area contributed by atoms with E-state index in [0.29, 0.717) is 5.56 Å². The van der Waals surface area contributed by atoms with E-state index in [1.165, 1.54) is 6.07 Å². The summed E-state index contributed by atoms with van der Waals surface area (Å²) in [4.78, 5) is 23.0. The molecule has 0 aliphatic carbocycles. The zero-order valence-corrected chi connectivity index (χ0v) is 15.0. The first-order chi connectivity index (χ1) is 11.7. The van der Waals surface area contributed by atoms with E-state index in [1.54, 1.807) is 42.5 Å². The summed E-state index contributed by atoms with van der Waals surface area (Å²) in [6.07, 6.45) is 0. The van der Waals surface area contributed by atoms with Crippen molar-refractivity contribution in [3.63, 3.8) is 0 Å². The number of hydrogen-bond acceptors (Lipinski definition) is 4. The van der Waals surface area contributed by atoms with Crippen LogP contribution in [0.1, 0.15) is 36.7 Å². The van der Waals surface area contributed by atoms with Crippen molar-refractivity contribution in [3.8, 4) is 0 Å². The number of nitro groups is 1. The Bertz CT molecular complexity index is 814. The van der Waals surface area contributed by atoms with Gasteiger partial charge in [-0.2, -0.15) is 0 Å². The number of anilines is 1. The molecule has 6 nitrogen and oxygen atoms in total. The third-order valence-electron chi connectivity index (χ3n) is 3.57. The van der Waals surface area contributed by atoms with Gasteiger partial charge in [0.05, 0.1) is 4.92 Å². The molecule has 0 unspecified atom stereocenters. The number of amides is 1. The molecule has 0 aromatic heterocycles. The SMILES string of the molecule is CC(C)(C)c1ccc(NC(=S)NC(=O)c2ccccc2)c([N+](=O)[O-])c1. The number of benzene rings is 2. The number of hydrogen-bond donors (Lipinski definition) is 2. The fourth-order valence-corrected chi connectivity index (χ4v) is 2.38. The predicted molar refractivity (Wildman–Crippen MR) is 102 cm³/mol. The molecule has 0 aliphatic rings. The van der Waals surface area contributed by atoms with Crippen LogP contribution in [0.2, 0.25) is 0 Å². The topological polar surface area (TPSA) is 84.3 Å². The Morgan fingerprint density at radius 1 is 1.12 bits per heavy atom. The molecule has 0 spiro atoms. The molecule has 0 saturated carbocycles. The van der Waals surface area contributed by atoms with Gasteiger partial charge >= 0.3 is 0 Å². The Morgan fingerprint density at radius 3 is 2.32 bits per heavy atom. The number of rotatable bonds is 3. The first-order valence-corrected chi connectivity index (χ1v) is 8.05. The standard InChI is InChI=1S/C18H19N3O3S/c1-18(2,3)13-9-10-14(15(11-13)21(23)24)19-17(25)20-16(22)12-7-5-4-6-8-12/h4-11H,1-3H3,(H2,19,20,22,25). The Morgan fingerprint density at radius 2 is 1.76 bits per heavy atom. The first kappa shape index (κ1) is 18.5. The quantitative estimate of drug-likeness (QED) is 0.492. The minimum absolute atomic E-state index is 0.000428. The number of carbonyl (C=O) groups excluding carboxylic acids is 1. The second kappa shape index (κ2) is 7.40. The molecule has 0 radical (unpaired) electrons. The van der Waals surface area contributed by atoms with Crippen molar-refractivity contribution in [2.75, 3.05) is 5.32 Å². The molecule has 130 valence electrons. The zero-order chi connectivity index (χ0) is 18.6. The van der Waals surface area contributed by atoms with E-state index < -0.39 is 4.92 Å². The molecule has 1 amide bonds. The average molecular weight is 357 g/mol. The van der Waals surface area contributed by atoms with Crippen LogP contribution in [-0.2, 0) is 5.41 Å². The van der Waals surface area contributed by atoms with E-state index in [0.717, 1.165) is 5.56 Å². The second-order valence-corrected chi connectivity index (χ2v) is 6.92. The predicted octanol–water partition coefficient (Wildman–Crippen LogP) is 4.02. The van der Waals surface area contributed by atoms with E-state index in [2.05, 4.69) is 10.6 Å². The van der Waals surface area contributed by atoms with Crippen molar-refractivity contribution in [2.24, 2.45) is 0 Å². The Hall–Kier alpha value is -2.80. The van der Waals surface area contributed by atoms with Gasteiger partial charge in [-0.1, -0.05) is 45.0 Å². The summed E-state index contributed by atoms with van der Waals surface area (Å²) >= 11 is 5.10. The van der Waals surface area contributed by atoms with Crippen molar-refractivity contribution in [2.45, 2.75) is 26.2 Å². The summed E-state index contributed by atoms with van der Waals surface area (Å²) in [5.41, 5.74) is 1.21. The van der Waals surface area contributed by atoms with Crippen LogP contribution >= 0.6 is 12.2 Å². The number of nitrogens with one attached hydrogen (secondary N) is 2. The van der Waals surface area contributed by atoms with Gasteiger partial charge in [0, 0.05) is 11.6 Å². The van der Waals surface area contributed by atoms with Crippen LogP contribution in [-0.4, -0.2) is 15.9 Å². The molecule has 0 fully saturated rings. The molecule has 0 bridgehead atoms. The van der Waals surface area contributed by atoms with Crippen molar-refractivity contribution in [1.82, 2.24) is 5.32 Å². The first-order valence-electron chi connectivity index (χ1n) is 7.65. The highest BCUT2D eigenvalue weighted by Crippen LogP contribution is 2.31. The van der Waals surface area contributed by atoms with Crippen LogP contribution < -0.4 is 10.6 Å². The lowest BCUT2D eigenvalue weighted by Gasteiger charge is -2.19. The lowest BCUT2D eigenvalue weighted by atomic mass is 9.86. The van der Waals surface area contributed by atoms with Crippen LogP contribution in [0.5, 0.6) is 0 Å². The van der Waals surface area contributed by atoms with Crippen LogP contribution in [0.15, 0.2) is 48.5 Å². The van der Waals surface area contributed by atoms with Crippen LogP contribution in [0, 0.1) is 10.1 Å². The third-order valence-corrected chi connectivity index (χ3v) is 3.78. The van der Waals surface area contributed by atoms with Crippen LogP contribution in [0.3, 0.4) is 0 Å². The van der Waals surface area contributed by atoms with Gasteiger partial charge in [0.2, 0.25) is 0 Å². The summed E-state index contributed by atoms with van der Waals surface area (Å²) in [6, 6.07) is 13.5. The number of nitrogens with zero attached hydrogens (tertiary/aromatic N) is 1. The van der Waals surface area contributed by atoms with Crippen molar-refractivity contribution in [3.05, 3.63) is 69.8 Å². The number of nitro benzene ring substituents is 1. The minimum atomic E-state index is -0.473. The second-order valence-electron chi connectivity index (χ2n) is 6.51. The van der Waals surface area contributed by atoms with Crippen molar-refractivity contribution >= 4 is 34.6 Å². The maximum atomic E-state index is 12.1. The van der Waals surface area contributed by atoms with E-state index in [9.17, 15) is 14.9 Å². The Balaban J connectivity index is 2.17. The molecule has 2 N–H and O–H groups in total. The lowest BCUT2D eigenvalue weighted by molar-refractivity contribution is -0.384. The molecule has 0 saturated heterocycles. The minimum Gasteiger partial charge on any atom is -0.327 e. The van der Waals surface area contributed by atoms with Crippen LogP contribution in [0.25, 0.3) is 0 Å². The summed E-state index contributed by atoms with van der Waals surface area (Å²) in [6.45, 7) is 5.93. The van der Waals surface area contributed by atoms with E-state index in [4.69, 9.17) is 12.2 Å². The highest BCUT2D eigenvalue weighted by molar-refractivity contribution is 7.80. The van der Waals surface area contributed by atoms with Crippen molar-refractivity contribution < 1.29 is 9.72 Å². The lowest BCUT2D eigenvalue weighted by Crippen LogP contribution is -2.34. The molecule has 0 heterocycles. The van der Waals surface area contributed by atoms with Gasteiger partial charge in [0.25, 0.3) is 11.6 Å². The van der Waals surface area contributed by atoms with Gasteiger partial charge in [-0.05, 0) is 41.4 Å². The zero-order valence-electron chi connectivity index (χ0n) is 14.2. The Kier molecular flexibility index (Phi) is 5.48. The van der Waals surface area contributed by atoms with Gasteiger partial charge in [0.15, 0.2) is 5.11 Å². The summed E-state index contributed by atoms with van der Waals surface area (Å²) < 4.78 is 0. The third kappa shape index (κ3) is 4.84. The van der Waals surface area contributed by atoms with Crippen LogP contribution in [0.4, 0.5) is 11.4 Å². The highest BCUT2D eigenvalue weighted by atomic mass is 32.1. The fraction of sp³-hybridized carbons (Fsp3) is 0.222. The molecule has 2 aromatic carbocycles. The van der Waals surface area contributed by atoms with Gasteiger partial charge in [0.1, 0.15) is 5.69 Å². The fourth-order valence-electron chi connectivity index (χ4n) is 2.17. The molecule has 0 aliphatic heterocycles. The molecule has 2 aromatic rings. The molecule has 7 heteroatoms. The van der Waals surface area contributed by atoms with E-state index >= 15 is 0 Å². The van der Waals surface area contributed by atoms with Gasteiger partial charge < -0.3 is 5.32 Å². The molecular weight excluding hydrogens is 338 g/mol. The smallest absolute Gasteiger partial charge is 0.293 e. The maximum absolute atomic E-state index is 12.1. The normalized spacial score (nSPS) is 10.8. The van der Waals surface area contributed by atoms with E-state index in [1.807, 2.05) is 20.8 Å². The average Bonchev–Trinajstić information content (AvgIpc) is 2.54. The van der Waals surface area contributed by atoms with Gasteiger partial charge in [-0.15, -0.1) is 0 Å². The van der Waals surface area contributed by atoms with E-state index in [-0.39, 0.29) is 27.8 Å². The molecular formula is C18H19N3O3S. The van der Waals surface area contributed by atoms with Gasteiger partial charge in [-0.3, -0.25) is 20.2 Å². The largest absolute Gasteiger partial charge is 0.327 e. The maximum Gasteiger partial charge on any atom is 0.293 e. The molecule has 2 rings (SSSR count). The monoisotopic (exact) mass is 357 g/mol. The van der Waals surface area contributed by atoms with Crippen molar-refractivity contribution in [1.29, 1.82) is 0 Å². The summed E-state index contributed by atoms with van der Waals surface area (Å²) in [5, 5.41) is 16.6. The molecule has 0 atom stereocenters.